The van der Waals surface area contributed by atoms with Crippen molar-refractivity contribution in [2.24, 2.45) is 0 Å². The fourth-order valence-electron chi connectivity index (χ4n) is 2.58. The highest BCUT2D eigenvalue weighted by molar-refractivity contribution is 7.16. The zero-order chi connectivity index (χ0) is 12.8. The molecule has 0 radical (unpaired) electrons. The summed E-state index contributed by atoms with van der Waals surface area (Å²) in [7, 11) is 1.72. The van der Waals surface area contributed by atoms with Gasteiger partial charge in [0.1, 0.15) is 5.75 Å². The number of nitrogens with zero attached hydrogens (tertiary/aromatic N) is 1. The molecule has 1 saturated carbocycles. The van der Waals surface area contributed by atoms with Crippen LogP contribution in [0.4, 0.5) is 5.13 Å². The molecule has 0 amide bonds. The van der Waals surface area contributed by atoms with E-state index in [0.29, 0.717) is 6.04 Å². The Hall–Kier alpha value is -1.55. The predicted octanol–water partition coefficient (Wildman–Crippen LogP) is 3.49. The molecule has 1 fully saturated rings. The molecule has 0 spiro atoms. The number of rotatable bonds is 3. The van der Waals surface area contributed by atoms with E-state index in [1.54, 1.807) is 7.11 Å². The second-order valence-corrected chi connectivity index (χ2v) is 6.32. The Morgan fingerprint density at radius 2 is 2.21 bits per heavy atom. The lowest BCUT2D eigenvalue weighted by Gasteiger charge is -2.15. The van der Waals surface area contributed by atoms with E-state index in [4.69, 9.17) is 9.72 Å². The molecule has 2 aliphatic carbocycles. The minimum absolute atomic E-state index is 0.669. The molecule has 0 saturated heterocycles. The van der Waals surface area contributed by atoms with E-state index in [-0.39, 0.29) is 0 Å². The third kappa shape index (κ3) is 2.00. The minimum atomic E-state index is 0.669. The number of aromatic nitrogens is 1. The number of hydrogen-bond acceptors (Lipinski definition) is 4. The predicted molar refractivity (Wildman–Crippen MR) is 78.2 cm³/mol. The number of benzene rings is 1. The number of hydrogen-bond donors (Lipinski definition) is 1. The van der Waals surface area contributed by atoms with Crippen molar-refractivity contribution in [1.82, 2.24) is 4.98 Å². The molecule has 1 N–H and O–H groups in total. The van der Waals surface area contributed by atoms with Crippen LogP contribution in [0.2, 0.25) is 0 Å². The molecule has 1 aromatic carbocycles. The van der Waals surface area contributed by atoms with Gasteiger partial charge in [-0.05, 0) is 49.4 Å². The third-order valence-electron chi connectivity index (χ3n) is 3.79. The second kappa shape index (κ2) is 4.23. The fourth-order valence-corrected chi connectivity index (χ4v) is 3.63. The van der Waals surface area contributed by atoms with Crippen LogP contribution in [0.1, 0.15) is 23.3 Å². The first-order chi connectivity index (χ1) is 9.33. The van der Waals surface area contributed by atoms with Crippen LogP contribution in [0.3, 0.4) is 0 Å². The molecule has 2 aliphatic rings. The van der Waals surface area contributed by atoms with E-state index in [1.807, 2.05) is 17.4 Å². The smallest absolute Gasteiger partial charge is 0.183 e. The summed E-state index contributed by atoms with van der Waals surface area (Å²) in [5.74, 6) is 0.939. The third-order valence-corrected chi connectivity index (χ3v) is 4.84. The Morgan fingerprint density at radius 1 is 1.32 bits per heavy atom. The standard InChI is InChI=1S/C15H16N2OS/c1-18-11-5-6-12-9(8-11)2-7-13-14(12)17-15(19-13)16-10-3-4-10/h5-6,8,10H,2-4,7H2,1H3,(H,16,17). The van der Waals surface area contributed by atoms with Gasteiger partial charge in [-0.15, -0.1) is 11.3 Å². The van der Waals surface area contributed by atoms with Crippen molar-refractivity contribution < 1.29 is 4.74 Å². The van der Waals surface area contributed by atoms with E-state index in [9.17, 15) is 0 Å². The molecule has 2 aromatic rings. The molecule has 4 rings (SSSR count). The summed E-state index contributed by atoms with van der Waals surface area (Å²) < 4.78 is 5.30. The number of anilines is 1. The summed E-state index contributed by atoms with van der Waals surface area (Å²) >= 11 is 1.82. The van der Waals surface area contributed by atoms with Crippen molar-refractivity contribution in [3.63, 3.8) is 0 Å². The summed E-state index contributed by atoms with van der Waals surface area (Å²) in [5.41, 5.74) is 3.81. The van der Waals surface area contributed by atoms with Gasteiger partial charge in [-0.1, -0.05) is 0 Å². The highest BCUT2D eigenvalue weighted by Gasteiger charge is 2.25. The Labute approximate surface area is 116 Å². The monoisotopic (exact) mass is 272 g/mol. The van der Waals surface area contributed by atoms with Gasteiger partial charge >= 0.3 is 0 Å². The molecule has 1 heterocycles. The molecule has 1 aromatic heterocycles. The normalized spacial score (nSPS) is 16.7. The van der Waals surface area contributed by atoms with Gasteiger partial charge in [0, 0.05) is 16.5 Å². The van der Waals surface area contributed by atoms with Gasteiger partial charge in [0.15, 0.2) is 5.13 Å². The van der Waals surface area contributed by atoms with Crippen LogP contribution in [0.15, 0.2) is 18.2 Å². The van der Waals surface area contributed by atoms with Gasteiger partial charge in [0.25, 0.3) is 0 Å². The van der Waals surface area contributed by atoms with E-state index in [1.165, 1.54) is 34.5 Å². The van der Waals surface area contributed by atoms with Crippen molar-refractivity contribution in [1.29, 1.82) is 0 Å². The van der Waals surface area contributed by atoms with Gasteiger partial charge in [-0.3, -0.25) is 0 Å². The molecule has 0 aliphatic heterocycles. The average molecular weight is 272 g/mol. The molecular weight excluding hydrogens is 256 g/mol. The van der Waals surface area contributed by atoms with Crippen LogP contribution in [0, 0.1) is 0 Å². The number of fused-ring (bicyclic) bond motifs is 3. The minimum Gasteiger partial charge on any atom is -0.497 e. The zero-order valence-corrected chi connectivity index (χ0v) is 11.7. The summed E-state index contributed by atoms with van der Waals surface area (Å²) in [4.78, 5) is 6.21. The van der Waals surface area contributed by atoms with E-state index >= 15 is 0 Å². The Bertz CT molecular complexity index is 631. The summed E-state index contributed by atoms with van der Waals surface area (Å²) in [6, 6.07) is 6.99. The number of thiazole rings is 1. The maximum absolute atomic E-state index is 5.30. The van der Waals surface area contributed by atoms with Crippen LogP contribution in [0.5, 0.6) is 5.75 Å². The number of ether oxygens (including phenoxy) is 1. The van der Waals surface area contributed by atoms with Gasteiger partial charge < -0.3 is 10.1 Å². The molecule has 4 heteroatoms. The molecule has 0 unspecified atom stereocenters. The van der Waals surface area contributed by atoms with Crippen molar-refractivity contribution in [3.05, 3.63) is 28.6 Å². The zero-order valence-electron chi connectivity index (χ0n) is 10.9. The number of methoxy groups -OCH3 is 1. The first-order valence-corrected chi connectivity index (χ1v) is 7.58. The van der Waals surface area contributed by atoms with E-state index in [0.717, 1.165) is 23.7 Å². The largest absolute Gasteiger partial charge is 0.497 e. The quantitative estimate of drug-likeness (QED) is 0.928. The first-order valence-electron chi connectivity index (χ1n) is 6.77. The van der Waals surface area contributed by atoms with Gasteiger partial charge in [0.05, 0.1) is 12.8 Å². The van der Waals surface area contributed by atoms with E-state index in [2.05, 4.69) is 17.4 Å². The maximum atomic E-state index is 5.30. The van der Waals surface area contributed by atoms with Crippen molar-refractivity contribution in [2.75, 3.05) is 12.4 Å². The highest BCUT2D eigenvalue weighted by Crippen LogP contribution is 2.40. The summed E-state index contributed by atoms with van der Waals surface area (Å²) in [6.45, 7) is 0. The maximum Gasteiger partial charge on any atom is 0.183 e. The van der Waals surface area contributed by atoms with Crippen LogP contribution in [-0.4, -0.2) is 18.1 Å². The number of nitrogens with one attached hydrogen (secondary N) is 1. The lowest BCUT2D eigenvalue weighted by Crippen LogP contribution is -2.02. The molecule has 3 nitrogen and oxygen atoms in total. The van der Waals surface area contributed by atoms with Crippen LogP contribution in [0.25, 0.3) is 11.3 Å². The Kier molecular flexibility index (Phi) is 2.52. The topological polar surface area (TPSA) is 34.1 Å². The van der Waals surface area contributed by atoms with Crippen molar-refractivity contribution >= 4 is 16.5 Å². The molecule has 0 bridgehead atoms. The second-order valence-electron chi connectivity index (χ2n) is 5.23. The van der Waals surface area contributed by atoms with Crippen LogP contribution < -0.4 is 10.1 Å². The first kappa shape index (κ1) is 11.3. The van der Waals surface area contributed by atoms with Gasteiger partial charge in [0.2, 0.25) is 0 Å². The average Bonchev–Trinajstić information content (AvgIpc) is 3.15. The Morgan fingerprint density at radius 3 is 3.00 bits per heavy atom. The van der Waals surface area contributed by atoms with Gasteiger partial charge in [-0.2, -0.15) is 0 Å². The van der Waals surface area contributed by atoms with Crippen molar-refractivity contribution in [2.45, 2.75) is 31.7 Å². The highest BCUT2D eigenvalue weighted by atomic mass is 32.1. The number of aryl methyl sites for hydroxylation is 2. The summed E-state index contributed by atoms with van der Waals surface area (Å²) in [6.07, 6.45) is 4.76. The van der Waals surface area contributed by atoms with E-state index < -0.39 is 0 Å². The van der Waals surface area contributed by atoms with Crippen molar-refractivity contribution in [3.8, 4) is 17.0 Å². The van der Waals surface area contributed by atoms with Crippen LogP contribution in [-0.2, 0) is 12.8 Å². The Balaban J connectivity index is 1.73. The summed E-state index contributed by atoms with van der Waals surface area (Å²) in [5, 5.41) is 4.60. The van der Waals surface area contributed by atoms with Gasteiger partial charge in [-0.25, -0.2) is 4.98 Å². The molecule has 98 valence electrons. The molecule has 0 atom stereocenters. The SMILES string of the molecule is COc1ccc2c(c1)CCc1sc(NC3CC3)nc1-2. The fraction of sp³-hybridized carbons (Fsp3) is 0.400. The van der Waals surface area contributed by atoms with Crippen LogP contribution >= 0.6 is 11.3 Å². The lowest BCUT2D eigenvalue weighted by molar-refractivity contribution is 0.414. The molecular formula is C15H16N2OS. The lowest BCUT2D eigenvalue weighted by atomic mass is 9.93. The molecule has 19 heavy (non-hydrogen) atoms.